The normalized spacial score (nSPS) is 10.3. The fourth-order valence-corrected chi connectivity index (χ4v) is 1.47. The number of rotatable bonds is 4. The number of nitrogens with zero attached hydrogens (tertiary/aromatic N) is 2. The van der Waals surface area contributed by atoms with Crippen LogP contribution in [-0.2, 0) is 6.54 Å². The summed E-state index contributed by atoms with van der Waals surface area (Å²) in [4.78, 5) is 20.0. The van der Waals surface area contributed by atoms with Crippen molar-refractivity contribution in [1.29, 1.82) is 0 Å². The summed E-state index contributed by atoms with van der Waals surface area (Å²) in [7, 11) is 1.49. The van der Waals surface area contributed by atoms with E-state index in [2.05, 4.69) is 15.3 Å². The van der Waals surface area contributed by atoms with Crippen LogP contribution in [0.2, 0.25) is 0 Å². The molecule has 2 aromatic heterocycles. The summed E-state index contributed by atoms with van der Waals surface area (Å²) < 4.78 is 10.2. The van der Waals surface area contributed by atoms with Crippen LogP contribution in [0.25, 0.3) is 0 Å². The van der Waals surface area contributed by atoms with Gasteiger partial charge in [0, 0.05) is 11.8 Å². The molecule has 2 rings (SSSR count). The second kappa shape index (κ2) is 5.49. The van der Waals surface area contributed by atoms with Gasteiger partial charge in [0.1, 0.15) is 5.76 Å². The van der Waals surface area contributed by atoms with E-state index < -0.39 is 5.91 Å². The fraction of sp³-hybridized carbons (Fsp3) is 0.250. The van der Waals surface area contributed by atoms with Gasteiger partial charge in [0.05, 0.1) is 13.7 Å². The summed E-state index contributed by atoms with van der Waals surface area (Å²) in [6.45, 7) is 2.02. The van der Waals surface area contributed by atoms with Crippen molar-refractivity contribution in [3.63, 3.8) is 0 Å². The lowest BCUT2D eigenvalue weighted by atomic mass is 10.4. The summed E-state index contributed by atoms with van der Waals surface area (Å²) in [5.41, 5.74) is 6.09. The van der Waals surface area contributed by atoms with Crippen LogP contribution in [0.5, 0.6) is 5.88 Å². The van der Waals surface area contributed by atoms with E-state index in [1.54, 1.807) is 25.1 Å². The lowest BCUT2D eigenvalue weighted by molar-refractivity contribution is 0.0994. The maximum Gasteiger partial charge on any atom is 0.293 e. The minimum atomic E-state index is -0.438. The molecule has 0 aliphatic heterocycles. The van der Waals surface area contributed by atoms with Crippen molar-refractivity contribution in [1.82, 2.24) is 9.97 Å². The Kier molecular flexibility index (Phi) is 3.76. The van der Waals surface area contributed by atoms with E-state index in [-0.39, 0.29) is 18.3 Å². The third-order valence-electron chi connectivity index (χ3n) is 2.35. The van der Waals surface area contributed by atoms with Crippen LogP contribution in [0.3, 0.4) is 0 Å². The maximum absolute atomic E-state index is 11.9. The zero-order valence-corrected chi connectivity index (χ0v) is 10.6. The number of carbonyl (C=O) groups excluding carboxylic acids is 1. The Morgan fingerprint density at radius 3 is 2.89 bits per heavy atom. The van der Waals surface area contributed by atoms with Gasteiger partial charge >= 0.3 is 0 Å². The van der Waals surface area contributed by atoms with Crippen LogP contribution >= 0.6 is 0 Å². The van der Waals surface area contributed by atoms with Crippen molar-refractivity contribution in [2.45, 2.75) is 13.5 Å². The third kappa shape index (κ3) is 3.08. The molecule has 0 saturated heterocycles. The molecule has 0 aliphatic carbocycles. The first-order valence-corrected chi connectivity index (χ1v) is 5.62. The molecule has 0 fully saturated rings. The number of hydrogen-bond acceptors (Lipinski definition) is 6. The molecule has 2 heterocycles. The molecule has 0 aromatic carbocycles. The molecule has 0 saturated carbocycles. The number of nitrogens with one attached hydrogen (secondary N) is 1. The van der Waals surface area contributed by atoms with Crippen LogP contribution in [-0.4, -0.2) is 23.0 Å². The van der Waals surface area contributed by atoms with Gasteiger partial charge in [-0.15, -0.1) is 0 Å². The van der Waals surface area contributed by atoms with Crippen molar-refractivity contribution >= 4 is 11.9 Å². The lowest BCUT2D eigenvalue weighted by Crippen LogP contribution is -2.14. The molecule has 7 heteroatoms. The third-order valence-corrected chi connectivity index (χ3v) is 2.35. The Morgan fingerprint density at radius 2 is 2.26 bits per heavy atom. The second-order valence-corrected chi connectivity index (χ2v) is 3.80. The highest BCUT2D eigenvalue weighted by Crippen LogP contribution is 2.13. The van der Waals surface area contributed by atoms with Crippen LogP contribution in [0.4, 0.5) is 5.95 Å². The van der Waals surface area contributed by atoms with Gasteiger partial charge in [-0.1, -0.05) is 0 Å². The highest BCUT2D eigenvalue weighted by molar-refractivity contribution is 6.01. The van der Waals surface area contributed by atoms with Crippen molar-refractivity contribution in [2.75, 3.05) is 12.4 Å². The SMILES string of the molecule is COc1cc(C)nc(NC(=O)c2ccc(CN)o2)n1. The molecule has 0 spiro atoms. The topological polar surface area (TPSA) is 103 Å². The van der Waals surface area contributed by atoms with Gasteiger partial charge in [0.25, 0.3) is 5.91 Å². The van der Waals surface area contributed by atoms with Gasteiger partial charge in [-0.05, 0) is 19.1 Å². The molecular formula is C12H14N4O3. The van der Waals surface area contributed by atoms with Gasteiger partial charge < -0.3 is 14.9 Å². The summed E-state index contributed by atoms with van der Waals surface area (Å²) in [6.07, 6.45) is 0. The van der Waals surface area contributed by atoms with E-state index in [4.69, 9.17) is 14.9 Å². The molecule has 19 heavy (non-hydrogen) atoms. The number of anilines is 1. The van der Waals surface area contributed by atoms with Gasteiger partial charge in [0.15, 0.2) is 5.76 Å². The van der Waals surface area contributed by atoms with Crippen LogP contribution in [0.15, 0.2) is 22.6 Å². The molecule has 7 nitrogen and oxygen atoms in total. The average molecular weight is 262 g/mol. The highest BCUT2D eigenvalue weighted by atomic mass is 16.5. The number of aromatic nitrogens is 2. The minimum absolute atomic E-state index is 0.157. The summed E-state index contributed by atoms with van der Waals surface area (Å²) in [5, 5.41) is 2.54. The number of aryl methyl sites for hydroxylation is 1. The summed E-state index contributed by atoms with van der Waals surface area (Å²) in [6, 6.07) is 4.85. The Labute approximate surface area is 109 Å². The van der Waals surface area contributed by atoms with E-state index >= 15 is 0 Å². The number of furan rings is 1. The van der Waals surface area contributed by atoms with Crippen molar-refractivity contribution in [3.05, 3.63) is 35.4 Å². The van der Waals surface area contributed by atoms with Crippen LogP contribution in [0, 0.1) is 6.92 Å². The van der Waals surface area contributed by atoms with Crippen molar-refractivity contribution in [3.8, 4) is 5.88 Å². The van der Waals surface area contributed by atoms with E-state index in [1.807, 2.05) is 0 Å². The quantitative estimate of drug-likeness (QED) is 0.855. The average Bonchev–Trinajstić information content (AvgIpc) is 2.86. The first-order chi connectivity index (χ1) is 9.12. The van der Waals surface area contributed by atoms with Gasteiger partial charge in [-0.2, -0.15) is 4.98 Å². The Morgan fingerprint density at radius 1 is 1.47 bits per heavy atom. The first kappa shape index (κ1) is 13.0. The van der Waals surface area contributed by atoms with E-state index in [0.717, 1.165) is 0 Å². The Hall–Kier alpha value is -2.41. The minimum Gasteiger partial charge on any atom is -0.481 e. The number of hydrogen-bond donors (Lipinski definition) is 2. The monoisotopic (exact) mass is 262 g/mol. The van der Waals surface area contributed by atoms with E-state index in [9.17, 15) is 4.79 Å². The molecule has 2 aromatic rings. The number of nitrogens with two attached hydrogens (primary N) is 1. The Balaban J connectivity index is 2.16. The molecule has 0 aliphatic rings. The maximum atomic E-state index is 11.9. The van der Waals surface area contributed by atoms with E-state index in [0.29, 0.717) is 17.3 Å². The predicted octanol–water partition coefficient (Wildman–Crippen LogP) is 1.10. The summed E-state index contributed by atoms with van der Waals surface area (Å²) in [5.74, 6) is 0.794. The molecule has 100 valence electrons. The van der Waals surface area contributed by atoms with Crippen molar-refractivity contribution in [2.24, 2.45) is 5.73 Å². The summed E-state index contributed by atoms with van der Waals surface area (Å²) >= 11 is 0. The van der Waals surface area contributed by atoms with Gasteiger partial charge in [-0.3, -0.25) is 10.1 Å². The largest absolute Gasteiger partial charge is 0.481 e. The predicted molar refractivity (Wildman–Crippen MR) is 67.9 cm³/mol. The standard InChI is InChI=1S/C12H14N4O3/c1-7-5-10(18-2)15-12(14-7)16-11(17)9-4-3-8(6-13)19-9/h3-5H,6,13H2,1-2H3,(H,14,15,16,17). The van der Waals surface area contributed by atoms with E-state index in [1.165, 1.54) is 7.11 Å². The number of ether oxygens (including phenoxy) is 1. The number of amides is 1. The number of methoxy groups -OCH3 is 1. The first-order valence-electron chi connectivity index (χ1n) is 5.62. The highest BCUT2D eigenvalue weighted by Gasteiger charge is 2.13. The second-order valence-electron chi connectivity index (χ2n) is 3.80. The smallest absolute Gasteiger partial charge is 0.293 e. The molecular weight excluding hydrogens is 248 g/mol. The van der Waals surface area contributed by atoms with Crippen LogP contribution in [0.1, 0.15) is 22.0 Å². The fourth-order valence-electron chi connectivity index (χ4n) is 1.47. The Bertz CT molecular complexity index is 594. The zero-order chi connectivity index (χ0) is 13.8. The molecule has 0 unspecified atom stereocenters. The number of carbonyl (C=O) groups is 1. The molecule has 0 bridgehead atoms. The van der Waals surface area contributed by atoms with Crippen LogP contribution < -0.4 is 15.8 Å². The molecule has 0 atom stereocenters. The molecule has 3 N–H and O–H groups in total. The zero-order valence-electron chi connectivity index (χ0n) is 10.6. The molecule has 1 amide bonds. The lowest BCUT2D eigenvalue weighted by Gasteiger charge is -2.05. The van der Waals surface area contributed by atoms with Crippen molar-refractivity contribution < 1.29 is 13.9 Å². The molecule has 0 radical (unpaired) electrons. The van der Waals surface area contributed by atoms with Gasteiger partial charge in [-0.25, -0.2) is 4.98 Å². The van der Waals surface area contributed by atoms with Gasteiger partial charge in [0.2, 0.25) is 11.8 Å².